The van der Waals surface area contributed by atoms with E-state index in [1.165, 1.54) is 0 Å². The molecule has 0 bridgehead atoms. The predicted octanol–water partition coefficient (Wildman–Crippen LogP) is 2.65. The Bertz CT molecular complexity index is 507. The maximum absolute atomic E-state index is 4.59. The smallest absolute Gasteiger partial charge is 0.111 e. The summed E-state index contributed by atoms with van der Waals surface area (Å²) in [6, 6.07) is 0. The lowest BCUT2D eigenvalue weighted by atomic mass is 10.2. The number of aryl methyl sites for hydroxylation is 1. The molecule has 1 N–H and O–H groups in total. The Kier molecular flexibility index (Phi) is 4.38. The number of rotatable bonds is 5. The van der Waals surface area contributed by atoms with Gasteiger partial charge < -0.3 is 5.32 Å². The van der Waals surface area contributed by atoms with Gasteiger partial charge in [0.1, 0.15) is 16.4 Å². The first-order valence-electron chi connectivity index (χ1n) is 6.10. The second-order valence-corrected chi connectivity index (χ2v) is 5.58. The van der Waals surface area contributed by atoms with Crippen LogP contribution < -0.4 is 5.32 Å². The molecule has 2 aromatic heterocycles. The number of hydrogen-bond donors (Lipinski definition) is 1. The monoisotopic (exact) mass is 262 g/mol. The first-order valence-corrected chi connectivity index (χ1v) is 6.98. The molecule has 0 radical (unpaired) electrons. The van der Waals surface area contributed by atoms with Crippen LogP contribution in [0.15, 0.2) is 17.8 Å². The maximum atomic E-state index is 4.59. The first-order chi connectivity index (χ1) is 8.66. The lowest BCUT2D eigenvalue weighted by Gasteiger charge is -2.04. The molecule has 4 nitrogen and oxygen atoms in total. The fourth-order valence-corrected chi connectivity index (χ4v) is 2.38. The summed E-state index contributed by atoms with van der Waals surface area (Å²) in [4.78, 5) is 13.2. The van der Waals surface area contributed by atoms with Gasteiger partial charge in [-0.3, -0.25) is 9.97 Å². The van der Waals surface area contributed by atoms with E-state index in [1.807, 2.05) is 12.3 Å². The van der Waals surface area contributed by atoms with Gasteiger partial charge in [0.2, 0.25) is 0 Å². The van der Waals surface area contributed by atoms with Crippen molar-refractivity contribution in [3.8, 4) is 11.4 Å². The van der Waals surface area contributed by atoms with E-state index in [2.05, 4.69) is 34.1 Å². The summed E-state index contributed by atoms with van der Waals surface area (Å²) in [6.45, 7) is 8.19. The Balaban J connectivity index is 2.04. The molecule has 0 atom stereocenters. The van der Waals surface area contributed by atoms with Crippen LogP contribution in [0, 0.1) is 12.8 Å². The highest BCUT2D eigenvalue weighted by Gasteiger charge is 2.08. The van der Waals surface area contributed by atoms with E-state index in [0.29, 0.717) is 5.92 Å². The summed E-state index contributed by atoms with van der Waals surface area (Å²) in [5.41, 5.74) is 2.72. The third-order valence-corrected chi connectivity index (χ3v) is 3.35. The fraction of sp³-hybridized carbons (Fsp3) is 0.462. The molecular weight excluding hydrogens is 244 g/mol. The van der Waals surface area contributed by atoms with Crippen LogP contribution in [0.2, 0.25) is 0 Å². The molecule has 0 aliphatic carbocycles. The van der Waals surface area contributed by atoms with Gasteiger partial charge in [0, 0.05) is 24.3 Å². The molecule has 0 aromatic carbocycles. The van der Waals surface area contributed by atoms with Crippen LogP contribution in [-0.4, -0.2) is 21.5 Å². The van der Waals surface area contributed by atoms with Crippen LogP contribution in [0.25, 0.3) is 11.4 Å². The van der Waals surface area contributed by atoms with E-state index in [4.69, 9.17) is 0 Å². The van der Waals surface area contributed by atoms with Gasteiger partial charge >= 0.3 is 0 Å². The van der Waals surface area contributed by atoms with Crippen molar-refractivity contribution in [1.82, 2.24) is 20.3 Å². The lowest BCUT2D eigenvalue weighted by Crippen LogP contribution is -2.18. The molecule has 2 aromatic rings. The Labute approximate surface area is 112 Å². The summed E-state index contributed by atoms with van der Waals surface area (Å²) in [7, 11) is 0. The third kappa shape index (κ3) is 3.34. The van der Waals surface area contributed by atoms with Gasteiger partial charge in [-0.05, 0) is 19.4 Å². The van der Waals surface area contributed by atoms with Gasteiger partial charge in [0.15, 0.2) is 0 Å². The summed E-state index contributed by atoms with van der Waals surface area (Å²) in [6.07, 6.45) is 3.41. The van der Waals surface area contributed by atoms with Crippen molar-refractivity contribution in [2.45, 2.75) is 27.3 Å². The van der Waals surface area contributed by atoms with Gasteiger partial charge in [-0.15, -0.1) is 11.3 Å². The molecule has 18 heavy (non-hydrogen) atoms. The van der Waals surface area contributed by atoms with Crippen LogP contribution in [0.3, 0.4) is 0 Å². The molecule has 0 saturated carbocycles. The number of hydrogen-bond acceptors (Lipinski definition) is 5. The van der Waals surface area contributed by atoms with Crippen LogP contribution >= 0.6 is 11.3 Å². The van der Waals surface area contributed by atoms with Gasteiger partial charge in [0.05, 0.1) is 5.69 Å². The summed E-state index contributed by atoms with van der Waals surface area (Å²) in [5.74, 6) is 0.659. The third-order valence-electron chi connectivity index (χ3n) is 2.50. The zero-order valence-electron chi connectivity index (χ0n) is 11.0. The molecule has 2 heterocycles. The minimum absolute atomic E-state index is 0.659. The number of aromatic nitrogens is 3. The van der Waals surface area contributed by atoms with Crippen molar-refractivity contribution in [3.05, 3.63) is 28.5 Å². The molecule has 5 heteroatoms. The standard InChI is InChI=1S/C13H18N4S/c1-9(2)6-14-7-12-17-11(8-18-12)13-10(3)15-4-5-16-13/h4-5,8-9,14H,6-7H2,1-3H3. The van der Waals surface area contributed by atoms with Crippen LogP contribution in [0.4, 0.5) is 0 Å². The van der Waals surface area contributed by atoms with Crippen molar-refractivity contribution in [3.63, 3.8) is 0 Å². The van der Waals surface area contributed by atoms with Gasteiger partial charge in [0.25, 0.3) is 0 Å². The van der Waals surface area contributed by atoms with Crippen molar-refractivity contribution in [1.29, 1.82) is 0 Å². The molecule has 0 unspecified atom stereocenters. The topological polar surface area (TPSA) is 50.7 Å². The van der Waals surface area contributed by atoms with E-state index in [1.54, 1.807) is 23.7 Å². The molecule has 0 saturated heterocycles. The summed E-state index contributed by atoms with van der Waals surface area (Å²) < 4.78 is 0. The molecule has 0 spiro atoms. The van der Waals surface area contributed by atoms with Crippen LogP contribution in [0.5, 0.6) is 0 Å². The fourth-order valence-electron chi connectivity index (χ4n) is 1.63. The number of nitrogens with zero attached hydrogens (tertiary/aromatic N) is 3. The zero-order valence-corrected chi connectivity index (χ0v) is 11.8. The van der Waals surface area contributed by atoms with E-state index >= 15 is 0 Å². The molecule has 0 fully saturated rings. The predicted molar refractivity (Wildman–Crippen MR) is 74.4 cm³/mol. The van der Waals surface area contributed by atoms with Crippen molar-refractivity contribution in [2.75, 3.05) is 6.54 Å². The lowest BCUT2D eigenvalue weighted by molar-refractivity contribution is 0.551. The van der Waals surface area contributed by atoms with Gasteiger partial charge in [-0.25, -0.2) is 4.98 Å². The number of thiazole rings is 1. The quantitative estimate of drug-likeness (QED) is 0.900. The average Bonchev–Trinajstić information content (AvgIpc) is 2.78. The van der Waals surface area contributed by atoms with Crippen LogP contribution in [0.1, 0.15) is 24.5 Å². The largest absolute Gasteiger partial charge is 0.310 e. The molecular formula is C13H18N4S. The highest BCUT2D eigenvalue weighted by Crippen LogP contribution is 2.21. The second kappa shape index (κ2) is 6.02. The Morgan fingerprint density at radius 1 is 1.28 bits per heavy atom. The highest BCUT2D eigenvalue weighted by molar-refractivity contribution is 7.09. The van der Waals surface area contributed by atoms with Gasteiger partial charge in [-0.1, -0.05) is 13.8 Å². The minimum atomic E-state index is 0.659. The van der Waals surface area contributed by atoms with E-state index in [0.717, 1.165) is 35.2 Å². The number of nitrogens with one attached hydrogen (secondary N) is 1. The van der Waals surface area contributed by atoms with Crippen molar-refractivity contribution >= 4 is 11.3 Å². The Hall–Kier alpha value is -1.33. The zero-order chi connectivity index (χ0) is 13.0. The normalized spacial score (nSPS) is 11.1. The Morgan fingerprint density at radius 3 is 2.78 bits per heavy atom. The summed E-state index contributed by atoms with van der Waals surface area (Å²) >= 11 is 1.66. The molecule has 0 aliphatic rings. The maximum Gasteiger partial charge on any atom is 0.111 e. The second-order valence-electron chi connectivity index (χ2n) is 4.64. The average molecular weight is 262 g/mol. The first kappa shape index (κ1) is 13.1. The molecule has 0 amide bonds. The van der Waals surface area contributed by atoms with E-state index < -0.39 is 0 Å². The van der Waals surface area contributed by atoms with Crippen molar-refractivity contribution < 1.29 is 0 Å². The molecule has 0 aliphatic heterocycles. The van der Waals surface area contributed by atoms with E-state index in [-0.39, 0.29) is 0 Å². The van der Waals surface area contributed by atoms with E-state index in [9.17, 15) is 0 Å². The van der Waals surface area contributed by atoms with Crippen LogP contribution in [-0.2, 0) is 6.54 Å². The molecule has 2 rings (SSSR count). The Morgan fingerprint density at radius 2 is 2.06 bits per heavy atom. The van der Waals surface area contributed by atoms with Crippen molar-refractivity contribution in [2.24, 2.45) is 5.92 Å². The minimum Gasteiger partial charge on any atom is -0.310 e. The molecule has 96 valence electrons. The summed E-state index contributed by atoms with van der Waals surface area (Å²) in [5, 5.41) is 6.53. The SMILES string of the molecule is Cc1nccnc1-c1csc(CNCC(C)C)n1. The van der Waals surface area contributed by atoms with Gasteiger partial charge in [-0.2, -0.15) is 0 Å². The highest BCUT2D eigenvalue weighted by atomic mass is 32.1.